The molecule has 1 aliphatic rings. The molecule has 2 aromatic carbocycles. The number of ketones is 1. The average molecular weight is 433 g/mol. The molecule has 1 unspecified atom stereocenters. The second-order valence-corrected chi connectivity index (χ2v) is 7.55. The molecule has 7 heteroatoms. The third-order valence-electron chi connectivity index (χ3n) is 5.65. The normalized spacial score (nSPS) is 17.6. The Morgan fingerprint density at radius 2 is 1.66 bits per heavy atom. The summed E-state index contributed by atoms with van der Waals surface area (Å²) in [5, 5.41) is 11.1. The zero-order valence-electron chi connectivity index (χ0n) is 18.2. The standard InChI is InChI=1S/C25H23NO6/c1-14-7-8-16(10-15(14)2)23(27)21-22(20-6-5-9-32-20)26(25(29)24(21)28)17-11-18(30-3)13-19(12-17)31-4/h5-13,22,27H,1-4H3/b23-21-. The number of hydrogen-bond donors (Lipinski definition) is 1. The van der Waals surface area contributed by atoms with Crippen molar-refractivity contribution in [1.29, 1.82) is 0 Å². The molecule has 0 radical (unpaired) electrons. The highest BCUT2D eigenvalue weighted by atomic mass is 16.5. The van der Waals surface area contributed by atoms with Gasteiger partial charge in [0.2, 0.25) is 0 Å². The third kappa shape index (κ3) is 3.51. The summed E-state index contributed by atoms with van der Waals surface area (Å²) in [6.45, 7) is 3.87. The van der Waals surface area contributed by atoms with Gasteiger partial charge in [0.05, 0.1) is 31.7 Å². The predicted molar refractivity (Wildman–Crippen MR) is 119 cm³/mol. The molecule has 2 heterocycles. The number of ether oxygens (including phenoxy) is 2. The molecular formula is C25H23NO6. The highest BCUT2D eigenvalue weighted by molar-refractivity contribution is 6.51. The summed E-state index contributed by atoms with van der Waals surface area (Å²) in [7, 11) is 2.99. The second kappa shape index (κ2) is 8.26. The lowest BCUT2D eigenvalue weighted by molar-refractivity contribution is -0.132. The van der Waals surface area contributed by atoms with Gasteiger partial charge in [-0.15, -0.1) is 0 Å². The van der Waals surface area contributed by atoms with E-state index in [4.69, 9.17) is 13.9 Å². The Morgan fingerprint density at radius 3 is 2.22 bits per heavy atom. The monoisotopic (exact) mass is 433 g/mol. The summed E-state index contributed by atoms with van der Waals surface area (Å²) >= 11 is 0. The molecule has 164 valence electrons. The first-order chi connectivity index (χ1) is 15.3. The highest BCUT2D eigenvalue weighted by Gasteiger charge is 2.48. The van der Waals surface area contributed by atoms with Crippen molar-refractivity contribution in [1.82, 2.24) is 0 Å². The Bertz CT molecular complexity index is 1200. The van der Waals surface area contributed by atoms with E-state index in [9.17, 15) is 14.7 Å². The van der Waals surface area contributed by atoms with Crippen LogP contribution < -0.4 is 14.4 Å². The summed E-state index contributed by atoms with van der Waals surface area (Å²) in [6.07, 6.45) is 1.46. The van der Waals surface area contributed by atoms with Crippen molar-refractivity contribution in [3.63, 3.8) is 0 Å². The molecule has 1 fully saturated rings. The molecule has 1 atom stereocenters. The molecule has 1 aromatic heterocycles. The van der Waals surface area contributed by atoms with Gasteiger partial charge in [0.25, 0.3) is 11.7 Å². The lowest BCUT2D eigenvalue weighted by atomic mass is 9.97. The number of amides is 1. The largest absolute Gasteiger partial charge is 0.507 e. The van der Waals surface area contributed by atoms with Gasteiger partial charge < -0.3 is 19.0 Å². The fourth-order valence-corrected chi connectivity index (χ4v) is 3.79. The number of carbonyl (C=O) groups excluding carboxylic acids is 2. The van der Waals surface area contributed by atoms with Crippen LogP contribution in [-0.2, 0) is 9.59 Å². The van der Waals surface area contributed by atoms with Gasteiger partial charge >= 0.3 is 0 Å². The summed E-state index contributed by atoms with van der Waals surface area (Å²) < 4.78 is 16.2. The molecule has 3 aromatic rings. The van der Waals surface area contributed by atoms with E-state index in [1.54, 1.807) is 42.5 Å². The minimum atomic E-state index is -0.955. The Kier molecular flexibility index (Phi) is 5.48. The van der Waals surface area contributed by atoms with Crippen LogP contribution in [0, 0.1) is 13.8 Å². The van der Waals surface area contributed by atoms with Gasteiger partial charge in [0.15, 0.2) is 0 Å². The maximum Gasteiger partial charge on any atom is 0.300 e. The third-order valence-corrected chi connectivity index (χ3v) is 5.65. The number of aliphatic hydroxyl groups is 1. The van der Waals surface area contributed by atoms with Crippen LogP contribution in [0.3, 0.4) is 0 Å². The first kappa shape index (κ1) is 21.2. The number of anilines is 1. The first-order valence-electron chi connectivity index (χ1n) is 10.0. The molecule has 0 bridgehead atoms. The topological polar surface area (TPSA) is 89.2 Å². The highest BCUT2D eigenvalue weighted by Crippen LogP contribution is 2.44. The SMILES string of the molecule is COc1cc(OC)cc(N2C(=O)C(=O)/C(=C(\O)c3ccc(C)c(C)c3)C2c2ccco2)c1. The molecule has 1 amide bonds. The van der Waals surface area contributed by atoms with Crippen molar-refractivity contribution in [2.75, 3.05) is 19.1 Å². The molecule has 0 spiro atoms. The number of hydrogen-bond acceptors (Lipinski definition) is 6. The maximum absolute atomic E-state index is 13.2. The summed E-state index contributed by atoms with van der Waals surface area (Å²) in [5.74, 6) is -0.597. The Labute approximate surface area is 185 Å². The van der Waals surface area contributed by atoms with Crippen LogP contribution in [0.2, 0.25) is 0 Å². The van der Waals surface area contributed by atoms with Crippen molar-refractivity contribution in [3.05, 3.63) is 82.8 Å². The summed E-state index contributed by atoms with van der Waals surface area (Å²) in [6, 6.07) is 12.6. The van der Waals surface area contributed by atoms with E-state index in [1.807, 2.05) is 19.9 Å². The molecule has 32 heavy (non-hydrogen) atoms. The van der Waals surface area contributed by atoms with Crippen molar-refractivity contribution in [2.45, 2.75) is 19.9 Å². The number of nitrogens with zero attached hydrogens (tertiary/aromatic N) is 1. The molecule has 7 nitrogen and oxygen atoms in total. The Morgan fingerprint density at radius 1 is 0.969 bits per heavy atom. The molecule has 1 N–H and O–H groups in total. The fraction of sp³-hybridized carbons (Fsp3) is 0.200. The van der Waals surface area contributed by atoms with Crippen molar-refractivity contribution in [3.8, 4) is 11.5 Å². The maximum atomic E-state index is 13.2. The van der Waals surface area contributed by atoms with E-state index in [2.05, 4.69) is 0 Å². The fourth-order valence-electron chi connectivity index (χ4n) is 3.79. The molecule has 1 saturated heterocycles. The average Bonchev–Trinajstić information content (AvgIpc) is 3.41. The minimum absolute atomic E-state index is 0.0463. The lowest BCUT2D eigenvalue weighted by Crippen LogP contribution is -2.29. The van der Waals surface area contributed by atoms with Crippen LogP contribution in [0.4, 0.5) is 5.69 Å². The Hall–Kier alpha value is -4.00. The smallest absolute Gasteiger partial charge is 0.300 e. The summed E-state index contributed by atoms with van der Waals surface area (Å²) in [5.41, 5.74) is 2.79. The zero-order valence-corrected chi connectivity index (χ0v) is 18.2. The van der Waals surface area contributed by atoms with E-state index < -0.39 is 17.7 Å². The van der Waals surface area contributed by atoms with E-state index in [0.29, 0.717) is 28.5 Å². The molecule has 0 aliphatic carbocycles. The molecule has 1 aliphatic heterocycles. The number of rotatable bonds is 5. The lowest BCUT2D eigenvalue weighted by Gasteiger charge is -2.24. The predicted octanol–water partition coefficient (Wildman–Crippen LogP) is 4.54. The van der Waals surface area contributed by atoms with Crippen LogP contribution in [0.5, 0.6) is 11.5 Å². The number of aryl methyl sites for hydroxylation is 2. The van der Waals surface area contributed by atoms with Gasteiger partial charge in [-0.1, -0.05) is 12.1 Å². The minimum Gasteiger partial charge on any atom is -0.507 e. The summed E-state index contributed by atoms with van der Waals surface area (Å²) in [4.78, 5) is 27.6. The van der Waals surface area contributed by atoms with Gasteiger partial charge in [0.1, 0.15) is 29.1 Å². The van der Waals surface area contributed by atoms with Crippen molar-refractivity contribution >= 4 is 23.1 Å². The van der Waals surface area contributed by atoms with E-state index in [-0.39, 0.29) is 11.3 Å². The zero-order chi connectivity index (χ0) is 23.0. The van der Waals surface area contributed by atoms with Crippen LogP contribution in [-0.4, -0.2) is 31.0 Å². The number of carbonyl (C=O) groups is 2. The van der Waals surface area contributed by atoms with Crippen molar-refractivity contribution in [2.24, 2.45) is 0 Å². The van der Waals surface area contributed by atoms with Crippen LogP contribution in [0.15, 0.2) is 64.8 Å². The molecule has 0 saturated carbocycles. The number of aliphatic hydroxyl groups excluding tert-OH is 1. The van der Waals surface area contributed by atoms with Gasteiger partial charge in [0, 0.05) is 23.8 Å². The second-order valence-electron chi connectivity index (χ2n) is 7.55. The van der Waals surface area contributed by atoms with Gasteiger partial charge in [-0.25, -0.2) is 0 Å². The quantitative estimate of drug-likeness (QED) is 0.361. The van der Waals surface area contributed by atoms with E-state index in [0.717, 1.165) is 11.1 Å². The number of furan rings is 1. The number of benzene rings is 2. The Balaban J connectivity index is 1.94. The first-order valence-corrected chi connectivity index (χ1v) is 10.0. The van der Waals surface area contributed by atoms with Gasteiger partial charge in [-0.05, 0) is 43.2 Å². The van der Waals surface area contributed by atoms with Gasteiger partial charge in [-0.3, -0.25) is 14.5 Å². The van der Waals surface area contributed by atoms with Crippen LogP contribution in [0.1, 0.15) is 28.5 Å². The van der Waals surface area contributed by atoms with Gasteiger partial charge in [-0.2, -0.15) is 0 Å². The van der Waals surface area contributed by atoms with Crippen LogP contribution in [0.25, 0.3) is 5.76 Å². The molecular weight excluding hydrogens is 410 g/mol. The van der Waals surface area contributed by atoms with E-state index in [1.165, 1.54) is 25.4 Å². The molecule has 4 rings (SSSR count). The number of methoxy groups -OCH3 is 2. The van der Waals surface area contributed by atoms with Crippen molar-refractivity contribution < 1.29 is 28.6 Å². The number of Topliss-reactive ketones (excluding diaryl/α,β-unsaturated/α-hetero) is 1. The van der Waals surface area contributed by atoms with Crippen LogP contribution >= 0.6 is 0 Å². The van der Waals surface area contributed by atoms with E-state index >= 15 is 0 Å².